The van der Waals surface area contributed by atoms with Crippen LogP contribution >= 0.6 is 15.9 Å². The molecule has 0 saturated carbocycles. The fourth-order valence-corrected chi connectivity index (χ4v) is 2.82. The molecule has 0 aliphatic carbocycles. The van der Waals surface area contributed by atoms with Crippen LogP contribution in [0.3, 0.4) is 0 Å². The van der Waals surface area contributed by atoms with Crippen LogP contribution in [0.2, 0.25) is 0 Å². The molecule has 0 fully saturated rings. The van der Waals surface area contributed by atoms with Gasteiger partial charge in [-0.1, -0.05) is 19.1 Å². The molecule has 20 heavy (non-hydrogen) atoms. The normalized spacial score (nSPS) is 10.6. The van der Waals surface area contributed by atoms with Crippen molar-refractivity contribution in [3.8, 4) is 0 Å². The van der Waals surface area contributed by atoms with Crippen molar-refractivity contribution < 1.29 is 0 Å². The number of hydrogen-bond acceptors (Lipinski definition) is 3. The van der Waals surface area contributed by atoms with E-state index in [-0.39, 0.29) is 0 Å². The minimum Gasteiger partial charge on any atom is -0.369 e. The lowest BCUT2D eigenvalue weighted by molar-refractivity contribution is 0.726. The average molecular weight is 334 g/mol. The second kappa shape index (κ2) is 7.41. The number of hydrogen-bond donors (Lipinski definition) is 1. The molecule has 0 atom stereocenters. The quantitative estimate of drug-likeness (QED) is 0.875. The average Bonchev–Trinajstić information content (AvgIpc) is 2.46. The van der Waals surface area contributed by atoms with E-state index in [1.807, 2.05) is 12.3 Å². The Morgan fingerprint density at radius 1 is 1.25 bits per heavy atom. The monoisotopic (exact) mass is 333 g/mol. The summed E-state index contributed by atoms with van der Waals surface area (Å²) in [7, 11) is 2.09. The van der Waals surface area contributed by atoms with E-state index in [0.717, 1.165) is 24.1 Å². The molecule has 4 heteroatoms. The van der Waals surface area contributed by atoms with E-state index >= 15 is 0 Å². The van der Waals surface area contributed by atoms with Crippen molar-refractivity contribution in [3.05, 3.63) is 58.3 Å². The van der Waals surface area contributed by atoms with Crippen molar-refractivity contribution in [3.63, 3.8) is 0 Å². The molecule has 3 nitrogen and oxygen atoms in total. The third-order valence-electron chi connectivity index (χ3n) is 3.15. The second-order valence-electron chi connectivity index (χ2n) is 4.78. The minimum atomic E-state index is 0.846. The predicted octanol–water partition coefficient (Wildman–Crippen LogP) is 3.59. The number of nitrogens with zero attached hydrogens (tertiary/aromatic N) is 2. The molecule has 1 aromatic heterocycles. The van der Waals surface area contributed by atoms with Gasteiger partial charge in [-0.3, -0.25) is 4.98 Å². The number of aromatic nitrogens is 1. The van der Waals surface area contributed by atoms with Crippen LogP contribution in [0.25, 0.3) is 0 Å². The third kappa shape index (κ3) is 4.05. The number of benzene rings is 1. The van der Waals surface area contributed by atoms with Crippen LogP contribution in [-0.4, -0.2) is 18.6 Å². The molecule has 1 N–H and O–H groups in total. The van der Waals surface area contributed by atoms with Crippen LogP contribution in [0.5, 0.6) is 0 Å². The highest BCUT2D eigenvalue weighted by atomic mass is 79.9. The van der Waals surface area contributed by atoms with E-state index in [0.29, 0.717) is 0 Å². The first-order valence-corrected chi connectivity index (χ1v) is 7.59. The lowest BCUT2D eigenvalue weighted by atomic mass is 10.2. The van der Waals surface area contributed by atoms with Crippen LogP contribution in [0, 0.1) is 0 Å². The smallest absolute Gasteiger partial charge is 0.0511 e. The Hall–Kier alpha value is -1.39. The molecule has 0 radical (unpaired) electrons. The molecular weight excluding hydrogens is 314 g/mol. The standard InChI is InChI=1S/C16H20BrN3/c1-3-18-10-13-6-7-16(15(17)9-13)20(2)12-14-5-4-8-19-11-14/h4-9,11,18H,3,10,12H2,1-2H3. The molecular formula is C16H20BrN3. The Kier molecular flexibility index (Phi) is 5.56. The molecule has 0 amide bonds. The van der Waals surface area contributed by atoms with E-state index in [1.165, 1.54) is 16.8 Å². The highest BCUT2D eigenvalue weighted by Crippen LogP contribution is 2.27. The van der Waals surface area contributed by atoms with Gasteiger partial charge in [0.2, 0.25) is 0 Å². The maximum atomic E-state index is 4.16. The highest BCUT2D eigenvalue weighted by Gasteiger charge is 2.07. The first kappa shape index (κ1) is 15.0. The maximum absolute atomic E-state index is 4.16. The van der Waals surface area contributed by atoms with E-state index in [9.17, 15) is 0 Å². The van der Waals surface area contributed by atoms with E-state index in [1.54, 1.807) is 6.20 Å². The fraction of sp³-hybridized carbons (Fsp3) is 0.312. The van der Waals surface area contributed by atoms with Crippen LogP contribution in [0.1, 0.15) is 18.1 Å². The number of nitrogens with one attached hydrogen (secondary N) is 1. The van der Waals surface area contributed by atoms with Crippen molar-refractivity contribution in [1.29, 1.82) is 0 Å². The summed E-state index contributed by atoms with van der Waals surface area (Å²) in [5, 5.41) is 3.34. The van der Waals surface area contributed by atoms with Gasteiger partial charge in [0.25, 0.3) is 0 Å². The Labute approximate surface area is 129 Å². The zero-order valence-corrected chi connectivity index (χ0v) is 13.5. The molecule has 2 aromatic rings. The van der Waals surface area contributed by atoms with Gasteiger partial charge in [0.1, 0.15) is 0 Å². The van der Waals surface area contributed by atoms with Gasteiger partial charge in [-0.25, -0.2) is 0 Å². The number of rotatable bonds is 6. The minimum absolute atomic E-state index is 0.846. The zero-order valence-electron chi connectivity index (χ0n) is 11.9. The predicted molar refractivity (Wildman–Crippen MR) is 87.9 cm³/mol. The summed E-state index contributed by atoms with van der Waals surface area (Å²) in [6, 6.07) is 10.6. The molecule has 0 bridgehead atoms. The third-order valence-corrected chi connectivity index (χ3v) is 3.78. The van der Waals surface area contributed by atoms with Gasteiger partial charge in [0.15, 0.2) is 0 Å². The summed E-state index contributed by atoms with van der Waals surface area (Å²) in [4.78, 5) is 6.38. The van der Waals surface area contributed by atoms with Crippen molar-refractivity contribution in [1.82, 2.24) is 10.3 Å². The molecule has 0 aliphatic heterocycles. The SMILES string of the molecule is CCNCc1ccc(N(C)Cc2cccnc2)c(Br)c1. The Morgan fingerprint density at radius 2 is 2.10 bits per heavy atom. The highest BCUT2D eigenvalue weighted by molar-refractivity contribution is 9.10. The van der Waals surface area contributed by atoms with Gasteiger partial charge in [-0.15, -0.1) is 0 Å². The van der Waals surface area contributed by atoms with Crippen molar-refractivity contribution in [2.24, 2.45) is 0 Å². The van der Waals surface area contributed by atoms with Gasteiger partial charge in [0, 0.05) is 37.0 Å². The first-order valence-electron chi connectivity index (χ1n) is 6.80. The van der Waals surface area contributed by atoms with Crippen LogP contribution in [-0.2, 0) is 13.1 Å². The Morgan fingerprint density at radius 3 is 2.75 bits per heavy atom. The fourth-order valence-electron chi connectivity index (χ4n) is 2.09. The van der Waals surface area contributed by atoms with Gasteiger partial charge in [-0.05, 0) is 51.8 Å². The topological polar surface area (TPSA) is 28.2 Å². The molecule has 0 spiro atoms. The van der Waals surface area contributed by atoms with Gasteiger partial charge < -0.3 is 10.2 Å². The summed E-state index contributed by atoms with van der Waals surface area (Å²) >= 11 is 3.67. The van der Waals surface area contributed by atoms with Crippen molar-refractivity contribution >= 4 is 21.6 Å². The van der Waals surface area contributed by atoms with Crippen molar-refractivity contribution in [2.45, 2.75) is 20.0 Å². The van der Waals surface area contributed by atoms with Crippen molar-refractivity contribution in [2.75, 3.05) is 18.5 Å². The summed E-state index contributed by atoms with van der Waals surface area (Å²) in [6.45, 7) is 4.85. The Balaban J connectivity index is 2.08. The first-order chi connectivity index (χ1) is 9.70. The van der Waals surface area contributed by atoms with Gasteiger partial charge in [-0.2, -0.15) is 0 Å². The molecule has 1 heterocycles. The number of pyridine rings is 1. The van der Waals surface area contributed by atoms with Crippen LogP contribution < -0.4 is 10.2 Å². The van der Waals surface area contributed by atoms with Gasteiger partial charge in [0.05, 0.1) is 5.69 Å². The second-order valence-corrected chi connectivity index (χ2v) is 5.64. The largest absolute Gasteiger partial charge is 0.369 e. The lowest BCUT2D eigenvalue weighted by Crippen LogP contribution is -2.17. The Bertz CT molecular complexity index is 543. The summed E-state index contributed by atoms with van der Waals surface area (Å²) in [5.74, 6) is 0. The van der Waals surface area contributed by atoms with Gasteiger partial charge >= 0.3 is 0 Å². The molecule has 2 rings (SSSR count). The lowest BCUT2D eigenvalue weighted by Gasteiger charge is -2.21. The number of anilines is 1. The molecule has 1 aromatic carbocycles. The molecule has 0 aliphatic rings. The summed E-state index contributed by atoms with van der Waals surface area (Å²) in [5.41, 5.74) is 3.69. The number of halogens is 1. The van der Waals surface area contributed by atoms with E-state index < -0.39 is 0 Å². The molecule has 0 unspecified atom stereocenters. The molecule has 0 saturated heterocycles. The van der Waals surface area contributed by atoms with E-state index in [4.69, 9.17) is 0 Å². The molecule has 106 valence electrons. The maximum Gasteiger partial charge on any atom is 0.0511 e. The van der Waals surface area contributed by atoms with E-state index in [2.05, 4.69) is 69.4 Å². The zero-order chi connectivity index (χ0) is 14.4. The summed E-state index contributed by atoms with van der Waals surface area (Å²) < 4.78 is 1.12. The van der Waals surface area contributed by atoms with Crippen LogP contribution in [0.15, 0.2) is 47.2 Å². The summed E-state index contributed by atoms with van der Waals surface area (Å²) in [6.07, 6.45) is 3.71. The van der Waals surface area contributed by atoms with Crippen LogP contribution in [0.4, 0.5) is 5.69 Å².